The van der Waals surface area contributed by atoms with Crippen LogP contribution in [0.5, 0.6) is 5.75 Å². The molecule has 112 valence electrons. The van der Waals surface area contributed by atoms with Crippen LogP contribution in [0.2, 0.25) is 5.02 Å². The van der Waals surface area contributed by atoms with E-state index in [1.807, 2.05) is 24.3 Å². The third-order valence-electron chi connectivity index (χ3n) is 4.04. The average Bonchev–Trinajstić information content (AvgIpc) is 2.44. The van der Waals surface area contributed by atoms with Gasteiger partial charge in [0.05, 0.1) is 11.6 Å². The summed E-state index contributed by atoms with van der Waals surface area (Å²) < 4.78 is 11.3. The third kappa shape index (κ3) is 5.34. The Morgan fingerprint density at radius 3 is 2.80 bits per heavy atom. The lowest BCUT2D eigenvalue weighted by molar-refractivity contribution is 0.0833. The summed E-state index contributed by atoms with van der Waals surface area (Å²) >= 11 is 6.01. The molecule has 3 heteroatoms. The maximum absolute atomic E-state index is 6.01. The van der Waals surface area contributed by atoms with Crippen molar-refractivity contribution < 1.29 is 9.47 Å². The zero-order valence-corrected chi connectivity index (χ0v) is 13.1. The molecule has 0 N–H and O–H groups in total. The normalized spacial score (nSPS) is 22.7. The number of rotatable bonds is 7. The number of ether oxygens (including phenoxy) is 2. The topological polar surface area (TPSA) is 18.5 Å². The van der Waals surface area contributed by atoms with Gasteiger partial charge in [-0.15, -0.1) is 0 Å². The highest BCUT2D eigenvalue weighted by atomic mass is 35.5. The SMILES string of the molecule is C[C@@H]1CCC[C@@H](CCOCCOc2ccccc2Cl)C1. The molecule has 0 heterocycles. The molecule has 1 aliphatic carbocycles. The summed E-state index contributed by atoms with van der Waals surface area (Å²) in [5, 5.41) is 0.656. The summed E-state index contributed by atoms with van der Waals surface area (Å²) in [6, 6.07) is 7.54. The lowest BCUT2D eigenvalue weighted by Crippen LogP contribution is -2.16. The van der Waals surface area contributed by atoms with E-state index in [4.69, 9.17) is 21.1 Å². The van der Waals surface area contributed by atoms with Crippen LogP contribution in [0.3, 0.4) is 0 Å². The predicted octanol–water partition coefficient (Wildman–Crippen LogP) is 4.95. The lowest BCUT2D eigenvalue weighted by atomic mass is 9.81. The predicted molar refractivity (Wildman–Crippen MR) is 83.5 cm³/mol. The van der Waals surface area contributed by atoms with Gasteiger partial charge in [-0.3, -0.25) is 0 Å². The molecule has 0 amide bonds. The molecular weight excluding hydrogens is 272 g/mol. The van der Waals surface area contributed by atoms with Gasteiger partial charge in [0.25, 0.3) is 0 Å². The van der Waals surface area contributed by atoms with Crippen molar-refractivity contribution in [2.45, 2.75) is 39.0 Å². The second-order valence-corrected chi connectivity index (χ2v) is 6.22. The molecule has 0 aromatic heterocycles. The van der Waals surface area contributed by atoms with Crippen molar-refractivity contribution in [2.24, 2.45) is 11.8 Å². The highest BCUT2D eigenvalue weighted by Gasteiger charge is 2.18. The Labute approximate surface area is 127 Å². The average molecular weight is 297 g/mol. The number of hydrogen-bond donors (Lipinski definition) is 0. The van der Waals surface area contributed by atoms with Gasteiger partial charge >= 0.3 is 0 Å². The van der Waals surface area contributed by atoms with Crippen molar-refractivity contribution in [1.82, 2.24) is 0 Å². The Bertz CT molecular complexity index is 394. The molecule has 1 aromatic rings. The first kappa shape index (κ1) is 15.7. The van der Waals surface area contributed by atoms with E-state index in [1.54, 1.807) is 0 Å². The summed E-state index contributed by atoms with van der Waals surface area (Å²) in [5.74, 6) is 2.50. The Morgan fingerprint density at radius 1 is 1.15 bits per heavy atom. The minimum absolute atomic E-state index is 0.560. The molecule has 1 aliphatic rings. The van der Waals surface area contributed by atoms with Crippen LogP contribution in [-0.4, -0.2) is 19.8 Å². The van der Waals surface area contributed by atoms with Gasteiger partial charge < -0.3 is 9.47 Å². The van der Waals surface area contributed by atoms with Crippen LogP contribution < -0.4 is 4.74 Å². The third-order valence-corrected chi connectivity index (χ3v) is 4.35. The smallest absolute Gasteiger partial charge is 0.138 e. The molecule has 0 aliphatic heterocycles. The van der Waals surface area contributed by atoms with Gasteiger partial charge in [-0.1, -0.05) is 49.9 Å². The van der Waals surface area contributed by atoms with Crippen LogP contribution in [0.1, 0.15) is 39.0 Å². The minimum Gasteiger partial charge on any atom is -0.490 e. The van der Waals surface area contributed by atoms with E-state index in [1.165, 1.54) is 32.1 Å². The molecule has 20 heavy (non-hydrogen) atoms. The molecular formula is C17H25ClO2. The number of para-hydroxylation sites is 1. The van der Waals surface area contributed by atoms with E-state index in [-0.39, 0.29) is 0 Å². The zero-order valence-electron chi connectivity index (χ0n) is 12.3. The molecule has 2 nitrogen and oxygen atoms in total. The van der Waals surface area contributed by atoms with Gasteiger partial charge in [-0.2, -0.15) is 0 Å². The number of benzene rings is 1. The monoisotopic (exact) mass is 296 g/mol. The molecule has 1 saturated carbocycles. The van der Waals surface area contributed by atoms with E-state index in [0.717, 1.165) is 24.2 Å². The number of hydrogen-bond acceptors (Lipinski definition) is 2. The van der Waals surface area contributed by atoms with Crippen LogP contribution in [0.4, 0.5) is 0 Å². The standard InChI is InChI=1S/C17H25ClO2/c1-14-5-4-6-15(13-14)9-10-19-11-12-20-17-8-3-2-7-16(17)18/h2-3,7-8,14-15H,4-6,9-13H2,1H3/t14-,15+/m1/s1. The first-order chi connectivity index (χ1) is 9.75. The maximum atomic E-state index is 6.01. The fraction of sp³-hybridized carbons (Fsp3) is 0.647. The molecule has 0 bridgehead atoms. The van der Waals surface area contributed by atoms with Crippen LogP contribution in [-0.2, 0) is 4.74 Å². The van der Waals surface area contributed by atoms with E-state index < -0.39 is 0 Å². The summed E-state index contributed by atoms with van der Waals surface area (Å²) in [5.41, 5.74) is 0. The largest absolute Gasteiger partial charge is 0.490 e. The van der Waals surface area contributed by atoms with Crippen molar-refractivity contribution in [1.29, 1.82) is 0 Å². The molecule has 2 rings (SSSR count). The fourth-order valence-electron chi connectivity index (χ4n) is 2.95. The Balaban J connectivity index is 1.53. The molecule has 0 unspecified atom stereocenters. The zero-order chi connectivity index (χ0) is 14.2. The summed E-state index contributed by atoms with van der Waals surface area (Å²) in [6.07, 6.45) is 6.74. The van der Waals surface area contributed by atoms with Crippen molar-refractivity contribution in [2.75, 3.05) is 19.8 Å². The first-order valence-corrected chi connectivity index (χ1v) is 8.08. The second kappa shape index (κ2) is 8.53. The maximum Gasteiger partial charge on any atom is 0.138 e. The summed E-state index contributed by atoms with van der Waals surface area (Å²) in [6.45, 7) is 4.41. The Morgan fingerprint density at radius 2 is 2.00 bits per heavy atom. The Hall–Kier alpha value is -0.730. The van der Waals surface area contributed by atoms with Gasteiger partial charge in [-0.25, -0.2) is 0 Å². The summed E-state index contributed by atoms with van der Waals surface area (Å²) in [7, 11) is 0. The molecule has 1 fully saturated rings. The number of halogens is 1. The van der Waals surface area contributed by atoms with Crippen LogP contribution in [0.25, 0.3) is 0 Å². The van der Waals surface area contributed by atoms with Crippen molar-refractivity contribution >= 4 is 11.6 Å². The fourth-order valence-corrected chi connectivity index (χ4v) is 3.14. The van der Waals surface area contributed by atoms with Gasteiger partial charge in [0.1, 0.15) is 12.4 Å². The molecule has 1 aromatic carbocycles. The molecule has 0 spiro atoms. The van der Waals surface area contributed by atoms with E-state index in [0.29, 0.717) is 18.2 Å². The van der Waals surface area contributed by atoms with Crippen LogP contribution >= 0.6 is 11.6 Å². The highest BCUT2D eigenvalue weighted by molar-refractivity contribution is 6.32. The van der Waals surface area contributed by atoms with Crippen LogP contribution in [0.15, 0.2) is 24.3 Å². The van der Waals surface area contributed by atoms with E-state index >= 15 is 0 Å². The van der Waals surface area contributed by atoms with E-state index in [2.05, 4.69) is 6.92 Å². The van der Waals surface area contributed by atoms with Crippen molar-refractivity contribution in [3.63, 3.8) is 0 Å². The molecule has 0 radical (unpaired) electrons. The lowest BCUT2D eigenvalue weighted by Gasteiger charge is -2.26. The summed E-state index contributed by atoms with van der Waals surface area (Å²) in [4.78, 5) is 0. The van der Waals surface area contributed by atoms with Gasteiger partial charge in [-0.05, 0) is 36.8 Å². The molecule has 0 saturated heterocycles. The quantitative estimate of drug-likeness (QED) is 0.663. The van der Waals surface area contributed by atoms with Gasteiger partial charge in [0.2, 0.25) is 0 Å². The minimum atomic E-state index is 0.560. The molecule has 2 atom stereocenters. The van der Waals surface area contributed by atoms with Crippen LogP contribution in [0, 0.1) is 11.8 Å². The van der Waals surface area contributed by atoms with E-state index in [9.17, 15) is 0 Å². The second-order valence-electron chi connectivity index (χ2n) is 5.82. The first-order valence-electron chi connectivity index (χ1n) is 7.71. The van der Waals surface area contributed by atoms with Crippen molar-refractivity contribution in [3.05, 3.63) is 29.3 Å². The Kier molecular flexibility index (Phi) is 6.68. The van der Waals surface area contributed by atoms with Crippen molar-refractivity contribution in [3.8, 4) is 5.75 Å². The van der Waals surface area contributed by atoms with Gasteiger partial charge in [0, 0.05) is 6.61 Å². The highest BCUT2D eigenvalue weighted by Crippen LogP contribution is 2.30. The van der Waals surface area contributed by atoms with Gasteiger partial charge in [0.15, 0.2) is 0 Å².